The first kappa shape index (κ1) is 17.7. The van der Waals surface area contributed by atoms with Crippen LogP contribution < -0.4 is 5.73 Å². The lowest BCUT2D eigenvalue weighted by atomic mass is 10.2. The van der Waals surface area contributed by atoms with Crippen LogP contribution in [-0.4, -0.2) is 22.5 Å². The van der Waals surface area contributed by atoms with Crippen molar-refractivity contribution in [1.29, 1.82) is 0 Å². The van der Waals surface area contributed by atoms with Gasteiger partial charge in [0.05, 0.1) is 17.9 Å². The molecule has 2 N–H and O–H groups in total. The molecule has 0 radical (unpaired) electrons. The topological polar surface area (TPSA) is 78.1 Å². The third-order valence-corrected chi connectivity index (χ3v) is 1.49. The van der Waals surface area contributed by atoms with Crippen LogP contribution in [-0.2, 0) is 4.74 Å². The van der Waals surface area contributed by atoms with E-state index < -0.39 is 5.97 Å². The standard InChI is InChI=1S/C8H11N3O2.2C2H6/c1-3-13-7(12)6-4-10-8(9)11-5(6)2;2*1-2/h4H,3H2,1-2H3,(H2,9,10,11);2*1-2H3. The molecule has 1 aromatic rings. The first-order valence-electron chi connectivity index (χ1n) is 5.91. The Hall–Kier alpha value is -1.65. The van der Waals surface area contributed by atoms with Gasteiger partial charge < -0.3 is 10.5 Å². The van der Waals surface area contributed by atoms with Crippen molar-refractivity contribution in [1.82, 2.24) is 9.97 Å². The van der Waals surface area contributed by atoms with Crippen molar-refractivity contribution >= 4 is 11.9 Å². The molecular weight excluding hydrogens is 218 g/mol. The lowest BCUT2D eigenvalue weighted by molar-refractivity contribution is 0.0524. The number of anilines is 1. The fraction of sp³-hybridized carbons (Fsp3) is 0.583. The zero-order chi connectivity index (χ0) is 13.8. The molecule has 5 heteroatoms. The number of esters is 1. The third-order valence-electron chi connectivity index (χ3n) is 1.49. The quantitative estimate of drug-likeness (QED) is 0.805. The van der Waals surface area contributed by atoms with Gasteiger partial charge in [0.25, 0.3) is 0 Å². The van der Waals surface area contributed by atoms with Gasteiger partial charge in [-0.1, -0.05) is 27.7 Å². The normalized spacial score (nSPS) is 8.12. The summed E-state index contributed by atoms with van der Waals surface area (Å²) in [6, 6.07) is 0. The lowest BCUT2D eigenvalue weighted by Gasteiger charge is -2.03. The van der Waals surface area contributed by atoms with Crippen LogP contribution in [0.1, 0.15) is 50.7 Å². The van der Waals surface area contributed by atoms with Crippen molar-refractivity contribution in [3.63, 3.8) is 0 Å². The Bertz CT molecular complexity index is 328. The summed E-state index contributed by atoms with van der Waals surface area (Å²) in [6.45, 7) is 11.8. The Balaban J connectivity index is 0. The van der Waals surface area contributed by atoms with E-state index in [1.54, 1.807) is 13.8 Å². The summed E-state index contributed by atoms with van der Waals surface area (Å²) in [5.41, 5.74) is 6.22. The number of rotatable bonds is 2. The number of nitrogen functional groups attached to an aromatic ring is 1. The molecule has 0 aliphatic carbocycles. The Kier molecular flexibility index (Phi) is 11.3. The second-order valence-electron chi connectivity index (χ2n) is 2.45. The third kappa shape index (κ3) is 6.50. The van der Waals surface area contributed by atoms with Gasteiger partial charge in [0.1, 0.15) is 0 Å². The van der Waals surface area contributed by atoms with Crippen LogP contribution >= 0.6 is 0 Å². The Morgan fingerprint density at radius 2 is 1.88 bits per heavy atom. The van der Waals surface area contributed by atoms with E-state index >= 15 is 0 Å². The van der Waals surface area contributed by atoms with Crippen LogP contribution in [0.5, 0.6) is 0 Å². The number of hydrogen-bond donors (Lipinski definition) is 1. The number of aryl methyl sites for hydroxylation is 1. The maximum Gasteiger partial charge on any atom is 0.341 e. The van der Waals surface area contributed by atoms with E-state index in [4.69, 9.17) is 10.5 Å². The number of nitrogens with two attached hydrogens (primary N) is 1. The van der Waals surface area contributed by atoms with Crippen molar-refractivity contribution in [3.8, 4) is 0 Å². The zero-order valence-electron chi connectivity index (χ0n) is 11.6. The minimum atomic E-state index is -0.417. The summed E-state index contributed by atoms with van der Waals surface area (Å²) in [5, 5.41) is 0. The summed E-state index contributed by atoms with van der Waals surface area (Å²) in [7, 11) is 0. The van der Waals surface area contributed by atoms with Crippen molar-refractivity contribution in [2.24, 2.45) is 0 Å². The minimum Gasteiger partial charge on any atom is -0.462 e. The Labute approximate surface area is 103 Å². The summed E-state index contributed by atoms with van der Waals surface area (Å²) >= 11 is 0. The maximum absolute atomic E-state index is 11.2. The number of nitrogens with zero attached hydrogens (tertiary/aromatic N) is 2. The summed E-state index contributed by atoms with van der Waals surface area (Å²) in [4.78, 5) is 18.8. The number of ether oxygens (including phenoxy) is 1. The molecule has 98 valence electrons. The van der Waals surface area contributed by atoms with E-state index in [9.17, 15) is 4.79 Å². The van der Waals surface area contributed by atoms with E-state index in [2.05, 4.69) is 9.97 Å². The van der Waals surface area contributed by atoms with E-state index in [-0.39, 0.29) is 5.95 Å². The lowest BCUT2D eigenvalue weighted by Crippen LogP contribution is -2.09. The first-order chi connectivity index (χ1) is 8.15. The van der Waals surface area contributed by atoms with E-state index in [0.29, 0.717) is 17.9 Å². The highest BCUT2D eigenvalue weighted by Gasteiger charge is 2.11. The average molecular weight is 241 g/mol. The predicted octanol–water partition coefficient (Wildman–Crippen LogP) is 2.60. The van der Waals surface area contributed by atoms with Gasteiger partial charge in [-0.2, -0.15) is 0 Å². The molecule has 1 rings (SSSR count). The van der Waals surface area contributed by atoms with Gasteiger partial charge in [0.2, 0.25) is 5.95 Å². The fourth-order valence-corrected chi connectivity index (χ4v) is 0.894. The van der Waals surface area contributed by atoms with Crippen LogP contribution in [0.4, 0.5) is 5.95 Å². The molecule has 0 aromatic carbocycles. The molecule has 0 saturated heterocycles. The fourth-order valence-electron chi connectivity index (χ4n) is 0.894. The van der Waals surface area contributed by atoms with Gasteiger partial charge in [-0.3, -0.25) is 0 Å². The largest absolute Gasteiger partial charge is 0.462 e. The molecular formula is C12H23N3O2. The second-order valence-corrected chi connectivity index (χ2v) is 2.45. The van der Waals surface area contributed by atoms with Gasteiger partial charge in [-0.25, -0.2) is 14.8 Å². The van der Waals surface area contributed by atoms with Crippen molar-refractivity contribution in [2.45, 2.75) is 41.5 Å². The second kappa shape index (κ2) is 10.9. The first-order valence-corrected chi connectivity index (χ1v) is 5.91. The molecule has 0 spiro atoms. The van der Waals surface area contributed by atoms with Crippen molar-refractivity contribution in [2.75, 3.05) is 12.3 Å². The molecule has 0 atom stereocenters. The Morgan fingerprint density at radius 3 is 2.29 bits per heavy atom. The average Bonchev–Trinajstić information content (AvgIpc) is 2.34. The molecule has 0 bridgehead atoms. The van der Waals surface area contributed by atoms with E-state index in [1.807, 2.05) is 27.7 Å². The van der Waals surface area contributed by atoms with Gasteiger partial charge in [0, 0.05) is 6.20 Å². The molecule has 0 saturated carbocycles. The molecule has 1 aromatic heterocycles. The monoisotopic (exact) mass is 241 g/mol. The van der Waals surface area contributed by atoms with E-state index in [0.717, 1.165) is 0 Å². The Morgan fingerprint density at radius 1 is 1.35 bits per heavy atom. The molecule has 1 heterocycles. The molecule has 17 heavy (non-hydrogen) atoms. The zero-order valence-corrected chi connectivity index (χ0v) is 11.6. The van der Waals surface area contributed by atoms with Crippen molar-refractivity contribution in [3.05, 3.63) is 17.5 Å². The summed E-state index contributed by atoms with van der Waals surface area (Å²) < 4.78 is 4.79. The predicted molar refractivity (Wildman–Crippen MR) is 69.8 cm³/mol. The molecule has 0 unspecified atom stereocenters. The van der Waals surface area contributed by atoms with Crippen LogP contribution in [0.15, 0.2) is 6.20 Å². The van der Waals surface area contributed by atoms with Gasteiger partial charge in [0.15, 0.2) is 0 Å². The van der Waals surface area contributed by atoms with Gasteiger partial charge in [-0.05, 0) is 13.8 Å². The number of aromatic nitrogens is 2. The molecule has 0 amide bonds. The number of hydrogen-bond acceptors (Lipinski definition) is 5. The molecule has 0 aliphatic rings. The van der Waals surface area contributed by atoms with Gasteiger partial charge in [-0.15, -0.1) is 0 Å². The number of carbonyl (C=O) groups excluding carboxylic acids is 1. The van der Waals surface area contributed by atoms with Gasteiger partial charge >= 0.3 is 5.97 Å². The van der Waals surface area contributed by atoms with Crippen molar-refractivity contribution < 1.29 is 9.53 Å². The smallest absolute Gasteiger partial charge is 0.341 e. The van der Waals surface area contributed by atoms with Crippen LogP contribution in [0.2, 0.25) is 0 Å². The highest BCUT2D eigenvalue weighted by molar-refractivity contribution is 5.90. The molecule has 0 aliphatic heterocycles. The van der Waals surface area contributed by atoms with Crippen LogP contribution in [0.25, 0.3) is 0 Å². The minimum absolute atomic E-state index is 0.158. The maximum atomic E-state index is 11.2. The molecule has 0 fully saturated rings. The molecule has 5 nitrogen and oxygen atoms in total. The van der Waals surface area contributed by atoms with Crippen LogP contribution in [0, 0.1) is 6.92 Å². The van der Waals surface area contributed by atoms with E-state index in [1.165, 1.54) is 6.20 Å². The highest BCUT2D eigenvalue weighted by atomic mass is 16.5. The SMILES string of the molecule is CC.CC.CCOC(=O)c1cnc(N)nc1C. The van der Waals surface area contributed by atoms with Crippen LogP contribution in [0.3, 0.4) is 0 Å². The highest BCUT2D eigenvalue weighted by Crippen LogP contribution is 2.06. The summed E-state index contributed by atoms with van der Waals surface area (Å²) in [5.74, 6) is -0.259. The summed E-state index contributed by atoms with van der Waals surface area (Å²) in [6.07, 6.45) is 1.37. The number of carbonyl (C=O) groups is 1.